The Morgan fingerprint density at radius 3 is 3.09 bits per heavy atom. The van der Waals surface area contributed by atoms with Crippen molar-refractivity contribution in [3.05, 3.63) is 0 Å². The molecule has 3 nitrogen and oxygen atoms in total. The Labute approximate surface area is 67.7 Å². The second kappa shape index (κ2) is 4.70. The molecule has 3 heteroatoms. The Bertz CT molecular complexity index is 96.3. The van der Waals surface area contributed by atoms with Crippen molar-refractivity contribution >= 4 is 0 Å². The number of aliphatic hydroxyl groups is 1. The predicted octanol–water partition coefficient (Wildman–Crippen LogP) is -0.00670. The molecule has 0 aliphatic carbocycles. The zero-order valence-electron chi connectivity index (χ0n) is 7.05. The molecule has 1 aliphatic heterocycles. The first kappa shape index (κ1) is 8.97. The van der Waals surface area contributed by atoms with Crippen LogP contribution < -0.4 is 5.32 Å². The van der Waals surface area contributed by atoms with E-state index < -0.39 is 0 Å². The molecule has 1 unspecified atom stereocenters. The SMILES string of the molecule is COC[C@H]1CCNC1CCO. The number of hydrogen-bond donors (Lipinski definition) is 2. The first-order valence-corrected chi connectivity index (χ1v) is 4.21. The van der Waals surface area contributed by atoms with Crippen molar-refractivity contribution in [3.63, 3.8) is 0 Å². The summed E-state index contributed by atoms with van der Waals surface area (Å²) >= 11 is 0. The third-order valence-corrected chi connectivity index (χ3v) is 2.31. The molecular formula is C8H17NO2. The molecule has 2 atom stereocenters. The Morgan fingerprint density at radius 2 is 2.45 bits per heavy atom. The van der Waals surface area contributed by atoms with Gasteiger partial charge in [-0.2, -0.15) is 0 Å². The third-order valence-electron chi connectivity index (χ3n) is 2.31. The molecule has 1 saturated heterocycles. The van der Waals surface area contributed by atoms with Crippen molar-refractivity contribution in [1.82, 2.24) is 5.32 Å². The predicted molar refractivity (Wildman–Crippen MR) is 43.5 cm³/mol. The van der Waals surface area contributed by atoms with Crippen LogP contribution in [0.3, 0.4) is 0 Å². The van der Waals surface area contributed by atoms with E-state index in [9.17, 15) is 0 Å². The van der Waals surface area contributed by atoms with Crippen LogP contribution in [0.1, 0.15) is 12.8 Å². The molecule has 0 aromatic carbocycles. The van der Waals surface area contributed by atoms with Crippen LogP contribution >= 0.6 is 0 Å². The van der Waals surface area contributed by atoms with Crippen LogP contribution in [-0.4, -0.2) is 38.0 Å². The van der Waals surface area contributed by atoms with Gasteiger partial charge in [-0.15, -0.1) is 0 Å². The van der Waals surface area contributed by atoms with E-state index in [1.54, 1.807) is 7.11 Å². The average Bonchev–Trinajstić information content (AvgIpc) is 2.39. The van der Waals surface area contributed by atoms with Gasteiger partial charge in [0.15, 0.2) is 0 Å². The Morgan fingerprint density at radius 1 is 1.64 bits per heavy atom. The molecule has 1 rings (SSSR count). The molecule has 11 heavy (non-hydrogen) atoms. The summed E-state index contributed by atoms with van der Waals surface area (Å²) in [5, 5.41) is 12.1. The van der Waals surface area contributed by atoms with Crippen molar-refractivity contribution in [2.75, 3.05) is 26.9 Å². The number of rotatable bonds is 4. The fraction of sp³-hybridized carbons (Fsp3) is 1.00. The Kier molecular flexibility index (Phi) is 3.83. The van der Waals surface area contributed by atoms with E-state index in [2.05, 4.69) is 5.32 Å². The minimum absolute atomic E-state index is 0.276. The number of methoxy groups -OCH3 is 1. The van der Waals surface area contributed by atoms with E-state index in [1.165, 1.54) is 6.42 Å². The maximum absolute atomic E-state index is 8.73. The topological polar surface area (TPSA) is 41.5 Å². The molecule has 1 heterocycles. The summed E-state index contributed by atoms with van der Waals surface area (Å²) in [4.78, 5) is 0. The highest BCUT2D eigenvalue weighted by atomic mass is 16.5. The molecule has 1 fully saturated rings. The minimum atomic E-state index is 0.276. The fourth-order valence-electron chi connectivity index (χ4n) is 1.71. The zero-order valence-corrected chi connectivity index (χ0v) is 7.05. The maximum atomic E-state index is 8.73. The lowest BCUT2D eigenvalue weighted by atomic mass is 10.00. The standard InChI is InChI=1S/C8H17NO2/c1-11-6-7-2-4-9-8(7)3-5-10/h7-10H,2-6H2,1H3/t7-,8?/m1/s1. The second-order valence-corrected chi connectivity index (χ2v) is 3.08. The van der Waals surface area contributed by atoms with Gasteiger partial charge in [-0.1, -0.05) is 0 Å². The number of nitrogens with one attached hydrogen (secondary N) is 1. The lowest BCUT2D eigenvalue weighted by Crippen LogP contribution is -2.30. The van der Waals surface area contributed by atoms with E-state index in [1.807, 2.05) is 0 Å². The highest BCUT2D eigenvalue weighted by molar-refractivity contribution is 4.82. The monoisotopic (exact) mass is 159 g/mol. The molecule has 0 radical (unpaired) electrons. The largest absolute Gasteiger partial charge is 0.396 e. The van der Waals surface area contributed by atoms with Crippen molar-refractivity contribution in [3.8, 4) is 0 Å². The average molecular weight is 159 g/mol. The molecule has 0 amide bonds. The molecule has 0 aromatic heterocycles. The summed E-state index contributed by atoms with van der Waals surface area (Å²) in [6.07, 6.45) is 2.03. The summed E-state index contributed by atoms with van der Waals surface area (Å²) in [6.45, 7) is 2.16. The maximum Gasteiger partial charge on any atom is 0.0505 e. The normalized spacial score (nSPS) is 31.1. The van der Waals surface area contributed by atoms with Gasteiger partial charge in [0.2, 0.25) is 0 Å². The van der Waals surface area contributed by atoms with Crippen LogP contribution in [0.25, 0.3) is 0 Å². The molecule has 0 aromatic rings. The van der Waals surface area contributed by atoms with Crippen LogP contribution in [0, 0.1) is 5.92 Å². The lowest BCUT2D eigenvalue weighted by molar-refractivity contribution is 0.137. The summed E-state index contributed by atoms with van der Waals surface area (Å²) in [6, 6.07) is 0.472. The Hall–Kier alpha value is -0.120. The second-order valence-electron chi connectivity index (χ2n) is 3.08. The van der Waals surface area contributed by atoms with Gasteiger partial charge in [-0.05, 0) is 25.3 Å². The van der Waals surface area contributed by atoms with Crippen LogP contribution in [0.15, 0.2) is 0 Å². The van der Waals surface area contributed by atoms with Gasteiger partial charge in [-0.3, -0.25) is 0 Å². The van der Waals surface area contributed by atoms with E-state index in [-0.39, 0.29) is 6.61 Å². The van der Waals surface area contributed by atoms with Gasteiger partial charge >= 0.3 is 0 Å². The summed E-state index contributed by atoms with van der Waals surface area (Å²) in [5.41, 5.74) is 0. The van der Waals surface area contributed by atoms with Crippen LogP contribution in [0.4, 0.5) is 0 Å². The van der Waals surface area contributed by atoms with Gasteiger partial charge in [0, 0.05) is 19.8 Å². The van der Waals surface area contributed by atoms with Gasteiger partial charge in [-0.25, -0.2) is 0 Å². The van der Waals surface area contributed by atoms with Gasteiger partial charge in [0.25, 0.3) is 0 Å². The number of ether oxygens (including phenoxy) is 1. The van der Waals surface area contributed by atoms with Crippen molar-refractivity contribution in [1.29, 1.82) is 0 Å². The van der Waals surface area contributed by atoms with Crippen LogP contribution in [-0.2, 0) is 4.74 Å². The summed E-state index contributed by atoms with van der Waals surface area (Å²) < 4.78 is 5.08. The van der Waals surface area contributed by atoms with Crippen molar-refractivity contribution < 1.29 is 9.84 Å². The first-order chi connectivity index (χ1) is 5.38. The lowest BCUT2D eigenvalue weighted by Gasteiger charge is -2.17. The van der Waals surface area contributed by atoms with Crippen LogP contribution in [0.2, 0.25) is 0 Å². The minimum Gasteiger partial charge on any atom is -0.396 e. The van der Waals surface area contributed by atoms with Crippen LogP contribution in [0.5, 0.6) is 0 Å². The van der Waals surface area contributed by atoms with Gasteiger partial charge in [0.05, 0.1) is 6.61 Å². The highest BCUT2D eigenvalue weighted by Gasteiger charge is 2.25. The van der Waals surface area contributed by atoms with Gasteiger partial charge < -0.3 is 15.2 Å². The summed E-state index contributed by atoms with van der Waals surface area (Å²) in [7, 11) is 1.73. The molecule has 2 N–H and O–H groups in total. The smallest absolute Gasteiger partial charge is 0.0505 e. The molecule has 66 valence electrons. The van der Waals surface area contributed by atoms with Crippen molar-refractivity contribution in [2.45, 2.75) is 18.9 Å². The summed E-state index contributed by atoms with van der Waals surface area (Å²) in [5.74, 6) is 0.604. The van der Waals surface area contributed by atoms with E-state index in [4.69, 9.17) is 9.84 Å². The highest BCUT2D eigenvalue weighted by Crippen LogP contribution is 2.17. The van der Waals surface area contributed by atoms with E-state index in [0.717, 1.165) is 19.6 Å². The zero-order chi connectivity index (χ0) is 8.10. The van der Waals surface area contributed by atoms with E-state index in [0.29, 0.717) is 12.0 Å². The number of hydrogen-bond acceptors (Lipinski definition) is 3. The Balaban J connectivity index is 2.25. The van der Waals surface area contributed by atoms with Gasteiger partial charge in [0.1, 0.15) is 0 Å². The van der Waals surface area contributed by atoms with E-state index >= 15 is 0 Å². The quantitative estimate of drug-likeness (QED) is 0.606. The molecule has 0 saturated carbocycles. The molecular weight excluding hydrogens is 142 g/mol. The first-order valence-electron chi connectivity index (χ1n) is 4.21. The van der Waals surface area contributed by atoms with Crippen molar-refractivity contribution in [2.24, 2.45) is 5.92 Å². The molecule has 0 spiro atoms. The molecule has 1 aliphatic rings. The fourth-order valence-corrected chi connectivity index (χ4v) is 1.71. The molecule has 0 bridgehead atoms. The number of aliphatic hydroxyl groups excluding tert-OH is 1. The third kappa shape index (κ3) is 2.43.